The first-order valence-electron chi connectivity index (χ1n) is 8.12. The van der Waals surface area contributed by atoms with Gasteiger partial charge in [0.15, 0.2) is 0 Å². The van der Waals surface area contributed by atoms with E-state index in [1.165, 1.54) is 23.9 Å². The summed E-state index contributed by atoms with van der Waals surface area (Å²) >= 11 is 1.45. The number of thioether (sulfide) groups is 1. The van der Waals surface area contributed by atoms with Crippen LogP contribution in [0.1, 0.15) is 24.1 Å². The van der Waals surface area contributed by atoms with E-state index in [4.69, 9.17) is 4.74 Å². The van der Waals surface area contributed by atoms with Gasteiger partial charge in [-0.2, -0.15) is 24.9 Å². The molecular weight excluding hydrogens is 353 g/mol. The summed E-state index contributed by atoms with van der Waals surface area (Å²) in [6.07, 6.45) is -2.49. The fourth-order valence-corrected chi connectivity index (χ4v) is 2.99. The van der Waals surface area contributed by atoms with Crippen molar-refractivity contribution < 1.29 is 22.7 Å². The van der Waals surface area contributed by atoms with Crippen LogP contribution in [0.4, 0.5) is 13.2 Å². The lowest BCUT2D eigenvalue weighted by molar-refractivity contribution is -0.137. The first-order valence-corrected chi connectivity index (χ1v) is 9.41. The van der Waals surface area contributed by atoms with Gasteiger partial charge in [-0.05, 0) is 30.9 Å². The number of rotatable bonds is 6. The van der Waals surface area contributed by atoms with Crippen LogP contribution in [0.15, 0.2) is 24.3 Å². The van der Waals surface area contributed by atoms with Crippen molar-refractivity contribution in [2.45, 2.75) is 24.4 Å². The summed E-state index contributed by atoms with van der Waals surface area (Å²) in [5, 5.41) is 2.74. The molecule has 1 aromatic carbocycles. The molecule has 0 aliphatic carbocycles. The smallest absolute Gasteiger partial charge is 0.379 e. The fraction of sp³-hybridized carbons (Fsp3) is 0.588. The van der Waals surface area contributed by atoms with E-state index in [-0.39, 0.29) is 17.2 Å². The topological polar surface area (TPSA) is 41.6 Å². The maximum Gasteiger partial charge on any atom is 0.416 e. The summed E-state index contributed by atoms with van der Waals surface area (Å²) in [5.41, 5.74) is 0.0871. The maximum atomic E-state index is 12.8. The summed E-state index contributed by atoms with van der Waals surface area (Å²) in [7, 11) is 0. The molecule has 1 fully saturated rings. The van der Waals surface area contributed by atoms with E-state index >= 15 is 0 Å². The Hall–Kier alpha value is -1.25. The molecule has 4 nitrogen and oxygen atoms in total. The summed E-state index contributed by atoms with van der Waals surface area (Å²) in [6.45, 7) is 4.69. The third-order valence-corrected chi connectivity index (χ3v) is 5.22. The van der Waals surface area contributed by atoms with Gasteiger partial charge in [-0.3, -0.25) is 9.69 Å². The van der Waals surface area contributed by atoms with Crippen LogP contribution in [-0.4, -0.2) is 55.2 Å². The third kappa shape index (κ3) is 5.62. The van der Waals surface area contributed by atoms with E-state index in [1.807, 2.05) is 13.2 Å². The number of hydrogen-bond acceptors (Lipinski definition) is 4. The van der Waals surface area contributed by atoms with Crippen molar-refractivity contribution in [2.75, 3.05) is 39.1 Å². The zero-order chi connectivity index (χ0) is 18.4. The van der Waals surface area contributed by atoms with Gasteiger partial charge in [0.1, 0.15) is 0 Å². The van der Waals surface area contributed by atoms with Crippen LogP contribution in [0, 0.1) is 0 Å². The second-order valence-electron chi connectivity index (χ2n) is 5.91. The van der Waals surface area contributed by atoms with Gasteiger partial charge in [-0.1, -0.05) is 12.1 Å². The average molecular weight is 376 g/mol. The molecule has 0 spiro atoms. The largest absolute Gasteiger partial charge is 0.416 e. The van der Waals surface area contributed by atoms with Gasteiger partial charge in [0.2, 0.25) is 5.91 Å². The Morgan fingerprint density at radius 1 is 1.28 bits per heavy atom. The number of alkyl halides is 3. The molecule has 0 aromatic heterocycles. The van der Waals surface area contributed by atoms with Crippen LogP contribution >= 0.6 is 11.8 Å². The molecule has 1 amide bonds. The monoisotopic (exact) mass is 376 g/mol. The van der Waals surface area contributed by atoms with E-state index in [9.17, 15) is 18.0 Å². The Morgan fingerprint density at radius 2 is 1.88 bits per heavy atom. The molecule has 1 heterocycles. The minimum absolute atomic E-state index is 0.0716. The Bertz CT molecular complexity index is 560. The van der Waals surface area contributed by atoms with E-state index in [0.29, 0.717) is 32.8 Å². The van der Waals surface area contributed by atoms with Crippen molar-refractivity contribution in [2.24, 2.45) is 0 Å². The molecule has 1 aromatic rings. The number of ether oxygens (including phenoxy) is 1. The lowest BCUT2D eigenvalue weighted by Gasteiger charge is -2.35. The van der Waals surface area contributed by atoms with Gasteiger partial charge in [-0.25, -0.2) is 0 Å². The number of nitrogens with one attached hydrogen (secondary N) is 1. The summed E-state index contributed by atoms with van der Waals surface area (Å²) in [5.74, 6) is -0.0716. The van der Waals surface area contributed by atoms with E-state index in [0.717, 1.165) is 17.7 Å². The van der Waals surface area contributed by atoms with Crippen molar-refractivity contribution in [1.29, 1.82) is 0 Å². The highest BCUT2D eigenvalue weighted by Gasteiger charge is 2.31. The lowest BCUT2D eigenvalue weighted by atomic mass is 10.0. The molecule has 8 heteroatoms. The maximum absolute atomic E-state index is 12.8. The van der Waals surface area contributed by atoms with Crippen LogP contribution in [0.5, 0.6) is 0 Å². The summed E-state index contributed by atoms with van der Waals surface area (Å²) in [4.78, 5) is 14.2. The minimum atomic E-state index is -4.35. The number of halogens is 3. The Labute approximate surface area is 150 Å². The van der Waals surface area contributed by atoms with Gasteiger partial charge in [0.25, 0.3) is 0 Å². The average Bonchev–Trinajstić information content (AvgIpc) is 2.61. The van der Waals surface area contributed by atoms with Gasteiger partial charge in [-0.15, -0.1) is 0 Å². The number of nitrogens with zero attached hydrogens (tertiary/aromatic N) is 1. The van der Waals surface area contributed by atoms with Crippen molar-refractivity contribution in [3.05, 3.63) is 35.4 Å². The zero-order valence-electron chi connectivity index (χ0n) is 14.3. The molecule has 0 saturated carbocycles. The van der Waals surface area contributed by atoms with Crippen LogP contribution in [0.3, 0.4) is 0 Å². The highest BCUT2D eigenvalue weighted by Crippen LogP contribution is 2.31. The SMILES string of the molecule is CS[C@H](C)C(=O)NC[C@H](c1ccc(C(F)(F)F)cc1)N1CCOCC1. The highest BCUT2D eigenvalue weighted by atomic mass is 32.2. The first-order chi connectivity index (χ1) is 11.8. The van der Waals surface area contributed by atoms with Crippen molar-refractivity contribution >= 4 is 17.7 Å². The predicted molar refractivity (Wildman–Crippen MR) is 92.6 cm³/mol. The van der Waals surface area contributed by atoms with Gasteiger partial charge in [0, 0.05) is 19.6 Å². The molecule has 0 unspecified atom stereocenters. The summed E-state index contributed by atoms with van der Waals surface area (Å²) in [6, 6.07) is 4.99. The standard InChI is InChI=1S/C17H23F3N2O2S/c1-12(25-2)16(23)21-11-15(22-7-9-24-10-8-22)13-3-5-14(6-4-13)17(18,19)20/h3-6,12,15H,7-11H2,1-2H3,(H,21,23)/t12-,15-/m1/s1. The number of carbonyl (C=O) groups is 1. The molecular formula is C17H23F3N2O2S. The van der Waals surface area contributed by atoms with E-state index < -0.39 is 11.7 Å². The van der Waals surface area contributed by atoms with Gasteiger partial charge < -0.3 is 10.1 Å². The van der Waals surface area contributed by atoms with Crippen molar-refractivity contribution in [3.63, 3.8) is 0 Å². The Kier molecular flexibility index (Phi) is 7.15. The Morgan fingerprint density at radius 3 is 2.40 bits per heavy atom. The molecule has 1 saturated heterocycles. The highest BCUT2D eigenvalue weighted by molar-refractivity contribution is 7.99. The van der Waals surface area contributed by atoms with Crippen LogP contribution in [0.25, 0.3) is 0 Å². The van der Waals surface area contributed by atoms with Gasteiger partial charge in [0.05, 0.1) is 30.1 Å². The minimum Gasteiger partial charge on any atom is -0.379 e. The molecule has 0 bridgehead atoms. The molecule has 140 valence electrons. The van der Waals surface area contributed by atoms with Crippen LogP contribution in [-0.2, 0) is 15.7 Å². The number of benzene rings is 1. The predicted octanol–water partition coefficient (Wildman–Crippen LogP) is 2.95. The van der Waals surface area contributed by atoms with Crippen molar-refractivity contribution in [3.8, 4) is 0 Å². The zero-order valence-corrected chi connectivity index (χ0v) is 15.1. The number of morpholine rings is 1. The molecule has 2 rings (SSSR count). The van der Waals surface area contributed by atoms with Crippen LogP contribution < -0.4 is 5.32 Å². The molecule has 0 radical (unpaired) electrons. The molecule has 1 aliphatic heterocycles. The molecule has 1 N–H and O–H groups in total. The van der Waals surface area contributed by atoms with Gasteiger partial charge >= 0.3 is 6.18 Å². The molecule has 1 aliphatic rings. The Balaban J connectivity index is 2.14. The summed E-state index contributed by atoms with van der Waals surface area (Å²) < 4.78 is 43.7. The lowest BCUT2D eigenvalue weighted by Crippen LogP contribution is -2.44. The number of amides is 1. The molecule has 2 atom stereocenters. The molecule has 25 heavy (non-hydrogen) atoms. The number of hydrogen-bond donors (Lipinski definition) is 1. The fourth-order valence-electron chi connectivity index (χ4n) is 2.69. The quantitative estimate of drug-likeness (QED) is 0.829. The van der Waals surface area contributed by atoms with Crippen molar-refractivity contribution in [1.82, 2.24) is 10.2 Å². The number of carbonyl (C=O) groups excluding carboxylic acids is 1. The van der Waals surface area contributed by atoms with Crippen LogP contribution in [0.2, 0.25) is 0 Å². The van der Waals surface area contributed by atoms with E-state index in [2.05, 4.69) is 10.2 Å². The third-order valence-electron chi connectivity index (χ3n) is 4.30. The van der Waals surface area contributed by atoms with E-state index in [1.54, 1.807) is 0 Å². The second kappa shape index (κ2) is 8.91. The first kappa shape index (κ1) is 20.1. The second-order valence-corrected chi connectivity index (χ2v) is 7.09. The normalized spacial score (nSPS) is 18.6.